The molecule has 5 N–H and O–H groups in total. The van der Waals surface area contributed by atoms with Gasteiger partial charge >= 0.3 is 0 Å². The van der Waals surface area contributed by atoms with E-state index in [9.17, 15) is 31.9 Å². The smallest absolute Gasteiger partial charge is 0.252 e. The number of carbonyl (C=O) groups excluding carboxylic acids is 2. The Morgan fingerprint density at radius 3 is 2.26 bits per heavy atom. The molecule has 0 saturated carbocycles. The van der Waals surface area contributed by atoms with Gasteiger partial charge in [0.05, 0.1) is 17.1 Å². The highest BCUT2D eigenvalue weighted by Gasteiger charge is 2.36. The van der Waals surface area contributed by atoms with Gasteiger partial charge < -0.3 is 26.0 Å². The number of nitrogens with zero attached hydrogens (tertiary/aromatic N) is 1. The number of rotatable bonds is 18. The van der Waals surface area contributed by atoms with Gasteiger partial charge in [0.1, 0.15) is 17.7 Å². The molecule has 0 spiro atoms. The highest BCUT2D eigenvalue weighted by atomic mass is 32.2. The van der Waals surface area contributed by atoms with Crippen LogP contribution in [-0.2, 0) is 34.0 Å². The number of aryl methyl sites for hydroxylation is 1. The SMILES string of the molecule is CCCC(CCC)S(=O)(=O)CC(NC(=O)c1ccc2cc[nH]c2c1)C(=O)N(Cc1cccc(CC)c1)C[C@@H](O)[C@@H](N)Cc1cc(F)cc(F)c1. The number of sulfone groups is 1. The van der Waals surface area contributed by atoms with Gasteiger partial charge in [-0.15, -0.1) is 0 Å². The average molecular weight is 711 g/mol. The van der Waals surface area contributed by atoms with Gasteiger partial charge in [0.15, 0.2) is 9.84 Å². The highest BCUT2D eigenvalue weighted by molar-refractivity contribution is 7.92. The Labute approximate surface area is 293 Å². The number of benzene rings is 3. The molecule has 270 valence electrons. The fourth-order valence-electron chi connectivity index (χ4n) is 6.24. The number of H-pyrrole nitrogens is 1. The molecule has 1 heterocycles. The summed E-state index contributed by atoms with van der Waals surface area (Å²) >= 11 is 0. The normalized spacial score (nSPS) is 13.7. The molecule has 1 aromatic heterocycles. The average Bonchev–Trinajstić information content (AvgIpc) is 3.55. The van der Waals surface area contributed by atoms with Crippen molar-refractivity contribution in [1.82, 2.24) is 15.2 Å². The van der Waals surface area contributed by atoms with E-state index < -0.39 is 62.5 Å². The lowest BCUT2D eigenvalue weighted by Crippen LogP contribution is -2.55. The Bertz CT molecular complexity index is 1840. The second kappa shape index (κ2) is 17.7. The van der Waals surface area contributed by atoms with E-state index in [-0.39, 0.29) is 30.6 Å². The van der Waals surface area contributed by atoms with Gasteiger partial charge in [0.25, 0.3) is 5.91 Å². The Balaban J connectivity index is 1.69. The lowest BCUT2D eigenvalue weighted by atomic mass is 10.0. The number of aromatic nitrogens is 1. The van der Waals surface area contributed by atoms with Crippen molar-refractivity contribution in [1.29, 1.82) is 0 Å². The van der Waals surface area contributed by atoms with Crippen LogP contribution in [0.2, 0.25) is 0 Å². The number of amides is 2. The first kappa shape index (κ1) is 38.7. The number of carbonyl (C=O) groups is 2. The molecule has 0 aliphatic carbocycles. The third-order valence-corrected chi connectivity index (χ3v) is 11.2. The molecule has 0 aliphatic rings. The summed E-state index contributed by atoms with van der Waals surface area (Å²) in [5.41, 5.74) is 9.22. The minimum atomic E-state index is -3.88. The number of nitrogens with two attached hydrogens (primary N) is 1. The number of halogens is 2. The fourth-order valence-corrected chi connectivity index (χ4v) is 8.39. The van der Waals surface area contributed by atoms with Gasteiger partial charge in [-0.1, -0.05) is 63.9 Å². The van der Waals surface area contributed by atoms with E-state index in [0.717, 1.165) is 41.1 Å². The number of fused-ring (bicyclic) bond motifs is 1. The van der Waals surface area contributed by atoms with Crippen molar-refractivity contribution in [3.05, 3.63) is 107 Å². The highest BCUT2D eigenvalue weighted by Crippen LogP contribution is 2.20. The number of aliphatic hydroxyl groups excluding tert-OH is 1. The predicted octanol–water partition coefficient (Wildman–Crippen LogP) is 5.45. The third-order valence-electron chi connectivity index (χ3n) is 8.93. The monoisotopic (exact) mass is 710 g/mol. The first-order valence-corrected chi connectivity index (χ1v) is 18.9. The summed E-state index contributed by atoms with van der Waals surface area (Å²) in [6.07, 6.45) is 3.10. The number of nitrogens with one attached hydrogen (secondary N) is 2. The summed E-state index contributed by atoms with van der Waals surface area (Å²) in [6.45, 7) is 5.44. The molecule has 4 rings (SSSR count). The van der Waals surface area contributed by atoms with Crippen LogP contribution in [0, 0.1) is 11.6 Å². The molecule has 4 aromatic rings. The van der Waals surface area contributed by atoms with Gasteiger partial charge in [-0.25, -0.2) is 17.2 Å². The summed E-state index contributed by atoms with van der Waals surface area (Å²) in [5, 5.41) is 14.2. The minimum Gasteiger partial charge on any atom is -0.390 e. The molecule has 0 bridgehead atoms. The standard InChI is InChI=1S/C38H48F2N4O5S/c1-4-8-32(9-5-2)50(48,49)24-35(43-37(46)29-13-12-28-14-15-42-34(28)20-29)38(47)44(22-26-11-7-10-25(6-3)16-26)23-36(45)33(41)19-27-17-30(39)21-31(40)18-27/h7,10-18,20-21,32-33,35-36,42,45H,4-6,8-9,19,22-24,41H2,1-3H3,(H,43,46)/t33-,35?,36+/m0/s1. The summed E-state index contributed by atoms with van der Waals surface area (Å²) in [6, 6.07) is 14.8. The lowest BCUT2D eigenvalue weighted by molar-refractivity contribution is -0.135. The van der Waals surface area contributed by atoms with E-state index in [0.29, 0.717) is 31.2 Å². The summed E-state index contributed by atoms with van der Waals surface area (Å²) < 4.78 is 55.5. The van der Waals surface area contributed by atoms with E-state index in [4.69, 9.17) is 5.73 Å². The molecule has 12 heteroatoms. The van der Waals surface area contributed by atoms with Crippen molar-refractivity contribution < 1.29 is 31.9 Å². The Morgan fingerprint density at radius 2 is 1.60 bits per heavy atom. The zero-order valence-corrected chi connectivity index (χ0v) is 29.7. The maximum atomic E-state index is 14.6. The van der Waals surface area contributed by atoms with E-state index >= 15 is 0 Å². The van der Waals surface area contributed by atoms with Crippen molar-refractivity contribution in [2.75, 3.05) is 12.3 Å². The van der Waals surface area contributed by atoms with Crippen molar-refractivity contribution in [2.24, 2.45) is 5.73 Å². The molecule has 0 fully saturated rings. The van der Waals surface area contributed by atoms with E-state index in [1.165, 1.54) is 4.90 Å². The molecule has 9 nitrogen and oxygen atoms in total. The quantitative estimate of drug-likeness (QED) is 0.108. The number of aliphatic hydroxyl groups is 1. The first-order chi connectivity index (χ1) is 23.8. The minimum absolute atomic E-state index is 0.0146. The van der Waals surface area contributed by atoms with Crippen LogP contribution in [0.25, 0.3) is 10.9 Å². The lowest BCUT2D eigenvalue weighted by Gasteiger charge is -2.32. The molecule has 0 aliphatic heterocycles. The van der Waals surface area contributed by atoms with Crippen LogP contribution >= 0.6 is 0 Å². The van der Waals surface area contributed by atoms with Gasteiger partial charge in [-0.3, -0.25) is 9.59 Å². The molecule has 2 amide bonds. The van der Waals surface area contributed by atoms with Crippen molar-refractivity contribution in [3.63, 3.8) is 0 Å². The molecule has 1 unspecified atom stereocenters. The van der Waals surface area contributed by atoms with E-state index in [1.54, 1.807) is 24.4 Å². The fraction of sp³-hybridized carbons (Fsp3) is 0.421. The Hall–Kier alpha value is -4.13. The number of hydrogen-bond acceptors (Lipinski definition) is 6. The maximum absolute atomic E-state index is 14.6. The molecule has 0 saturated heterocycles. The number of aromatic amines is 1. The van der Waals surface area contributed by atoms with Crippen LogP contribution in [0.3, 0.4) is 0 Å². The maximum Gasteiger partial charge on any atom is 0.252 e. The van der Waals surface area contributed by atoms with Crippen LogP contribution in [0.5, 0.6) is 0 Å². The molecule has 3 aromatic carbocycles. The third kappa shape index (κ3) is 10.4. The molecular weight excluding hydrogens is 663 g/mol. The second-order valence-electron chi connectivity index (χ2n) is 12.9. The van der Waals surface area contributed by atoms with E-state index in [2.05, 4.69) is 10.3 Å². The molecule has 0 radical (unpaired) electrons. The van der Waals surface area contributed by atoms with Gasteiger partial charge in [0, 0.05) is 42.5 Å². The van der Waals surface area contributed by atoms with Crippen molar-refractivity contribution >= 4 is 32.6 Å². The van der Waals surface area contributed by atoms with E-state index in [1.807, 2.05) is 51.1 Å². The molecule has 50 heavy (non-hydrogen) atoms. The van der Waals surface area contributed by atoms with Crippen LogP contribution in [0.1, 0.15) is 73.5 Å². The Morgan fingerprint density at radius 1 is 0.920 bits per heavy atom. The van der Waals surface area contributed by atoms with Crippen molar-refractivity contribution in [2.45, 2.75) is 89.3 Å². The number of hydrogen-bond donors (Lipinski definition) is 4. The van der Waals surface area contributed by atoms with Crippen LogP contribution in [0.15, 0.2) is 72.9 Å². The topological polar surface area (TPSA) is 146 Å². The summed E-state index contributed by atoms with van der Waals surface area (Å²) in [4.78, 5) is 32.6. The zero-order valence-electron chi connectivity index (χ0n) is 28.9. The molecule has 3 atom stereocenters. The van der Waals surface area contributed by atoms with Crippen molar-refractivity contribution in [3.8, 4) is 0 Å². The Kier molecular flexibility index (Phi) is 13.7. The summed E-state index contributed by atoms with van der Waals surface area (Å²) in [7, 11) is -3.88. The van der Waals surface area contributed by atoms with Gasteiger partial charge in [0.2, 0.25) is 5.91 Å². The van der Waals surface area contributed by atoms with Crippen LogP contribution in [0.4, 0.5) is 8.78 Å². The van der Waals surface area contributed by atoms with Gasteiger partial charge in [-0.05, 0) is 78.1 Å². The molecular formula is C38H48F2N4O5S. The van der Waals surface area contributed by atoms with Crippen LogP contribution in [-0.4, -0.2) is 71.0 Å². The van der Waals surface area contributed by atoms with Gasteiger partial charge in [-0.2, -0.15) is 0 Å². The first-order valence-electron chi connectivity index (χ1n) is 17.2. The predicted molar refractivity (Wildman–Crippen MR) is 192 cm³/mol. The largest absolute Gasteiger partial charge is 0.390 e. The van der Waals surface area contributed by atoms with Crippen LogP contribution < -0.4 is 11.1 Å². The second-order valence-corrected chi connectivity index (χ2v) is 15.3. The summed E-state index contributed by atoms with van der Waals surface area (Å²) in [5.74, 6) is -3.54. The zero-order chi connectivity index (χ0) is 36.4.